The van der Waals surface area contributed by atoms with Crippen molar-refractivity contribution < 1.29 is 13.6 Å². The molecule has 0 saturated heterocycles. The molecule has 8 heteroatoms. The van der Waals surface area contributed by atoms with Gasteiger partial charge in [-0.15, -0.1) is 0 Å². The van der Waals surface area contributed by atoms with E-state index in [1.807, 2.05) is 37.2 Å². The highest BCUT2D eigenvalue weighted by Crippen LogP contribution is 2.41. The first-order valence-corrected chi connectivity index (χ1v) is 12.8. The minimum Gasteiger partial charge on any atom is -0.455 e. The standard InChI is InChI=1S/C29H25FN4O2S/c1-31-28(35)26-22-14-21(18-5-4-6-19(13-18)23-16-34-11-12-37-29(34)32-23)24(33(2)3)15-25(22)36-27(26)17-7-9-20(30)10-8-17/h4-16,29,32H,1-3H3,(H,31,35). The molecule has 0 radical (unpaired) electrons. The largest absolute Gasteiger partial charge is 0.455 e. The second-order valence-electron chi connectivity index (χ2n) is 9.14. The number of rotatable bonds is 5. The topological polar surface area (TPSA) is 60.8 Å². The van der Waals surface area contributed by atoms with Gasteiger partial charge in [-0.05, 0) is 52.9 Å². The Bertz CT molecular complexity index is 1590. The Morgan fingerprint density at radius 2 is 1.86 bits per heavy atom. The van der Waals surface area contributed by atoms with Gasteiger partial charge in [0.15, 0.2) is 5.50 Å². The summed E-state index contributed by atoms with van der Waals surface area (Å²) in [5.41, 5.74) is 6.94. The molecular weight excluding hydrogens is 487 g/mol. The summed E-state index contributed by atoms with van der Waals surface area (Å²) in [5, 5.41) is 9.06. The van der Waals surface area contributed by atoms with Crippen molar-refractivity contribution in [2.24, 2.45) is 0 Å². The molecule has 6 rings (SSSR count). The van der Waals surface area contributed by atoms with Gasteiger partial charge in [0, 0.05) is 61.8 Å². The van der Waals surface area contributed by atoms with Gasteiger partial charge in [-0.25, -0.2) is 4.39 Å². The monoisotopic (exact) mass is 512 g/mol. The van der Waals surface area contributed by atoms with Crippen molar-refractivity contribution in [1.29, 1.82) is 0 Å². The molecule has 1 aromatic heterocycles. The minimum absolute atomic E-state index is 0.193. The van der Waals surface area contributed by atoms with Crippen molar-refractivity contribution in [2.45, 2.75) is 5.50 Å². The maximum absolute atomic E-state index is 13.6. The van der Waals surface area contributed by atoms with Gasteiger partial charge in [0.25, 0.3) is 5.91 Å². The van der Waals surface area contributed by atoms with Crippen molar-refractivity contribution in [2.75, 3.05) is 26.0 Å². The van der Waals surface area contributed by atoms with Crippen LogP contribution >= 0.6 is 11.8 Å². The van der Waals surface area contributed by atoms with Crippen LogP contribution in [0.25, 0.3) is 39.1 Å². The predicted molar refractivity (Wildman–Crippen MR) is 148 cm³/mol. The third-order valence-electron chi connectivity index (χ3n) is 6.60. The van der Waals surface area contributed by atoms with E-state index in [0.29, 0.717) is 27.9 Å². The van der Waals surface area contributed by atoms with E-state index in [4.69, 9.17) is 4.42 Å². The number of carbonyl (C=O) groups is 1. The normalized spacial score (nSPS) is 16.1. The lowest BCUT2D eigenvalue weighted by molar-refractivity contribution is 0.0964. The van der Waals surface area contributed by atoms with Crippen LogP contribution in [0.3, 0.4) is 0 Å². The van der Waals surface area contributed by atoms with Crippen LogP contribution in [0.15, 0.2) is 82.9 Å². The summed E-state index contributed by atoms with van der Waals surface area (Å²) in [4.78, 5) is 17.2. The lowest BCUT2D eigenvalue weighted by atomic mass is 9.96. The zero-order valence-corrected chi connectivity index (χ0v) is 21.4. The van der Waals surface area contributed by atoms with Gasteiger partial charge in [0.1, 0.15) is 17.2 Å². The SMILES string of the molecule is CNC(=O)c1c(-c2ccc(F)cc2)oc2cc(N(C)C)c(-c3cccc(C4=CN5C=CSC5N4)c3)cc12. The molecule has 1 amide bonds. The average molecular weight is 513 g/mol. The number of benzene rings is 3. The molecule has 0 bridgehead atoms. The van der Waals surface area contributed by atoms with E-state index in [2.05, 4.69) is 51.5 Å². The molecule has 6 nitrogen and oxygen atoms in total. The molecule has 186 valence electrons. The molecule has 3 aromatic carbocycles. The summed E-state index contributed by atoms with van der Waals surface area (Å²) < 4.78 is 19.8. The summed E-state index contributed by atoms with van der Waals surface area (Å²) in [6, 6.07) is 18.3. The molecule has 0 fully saturated rings. The average Bonchev–Trinajstić information content (AvgIpc) is 3.61. The van der Waals surface area contributed by atoms with Crippen LogP contribution in [0.4, 0.5) is 10.1 Å². The van der Waals surface area contributed by atoms with E-state index < -0.39 is 0 Å². The van der Waals surface area contributed by atoms with Gasteiger partial charge in [-0.1, -0.05) is 30.0 Å². The van der Waals surface area contributed by atoms with Crippen molar-refractivity contribution in [3.8, 4) is 22.5 Å². The first-order valence-electron chi connectivity index (χ1n) is 11.9. The molecule has 37 heavy (non-hydrogen) atoms. The van der Waals surface area contributed by atoms with E-state index in [0.717, 1.165) is 28.1 Å². The van der Waals surface area contributed by atoms with E-state index in [1.54, 1.807) is 30.9 Å². The van der Waals surface area contributed by atoms with Gasteiger partial charge in [-0.2, -0.15) is 0 Å². The number of carbonyl (C=O) groups excluding carboxylic acids is 1. The second-order valence-corrected chi connectivity index (χ2v) is 10.1. The van der Waals surface area contributed by atoms with E-state index in [-0.39, 0.29) is 17.2 Å². The lowest BCUT2D eigenvalue weighted by Crippen LogP contribution is -2.25. The Morgan fingerprint density at radius 1 is 1.08 bits per heavy atom. The number of furan rings is 1. The molecule has 4 aromatic rings. The Morgan fingerprint density at radius 3 is 2.59 bits per heavy atom. The van der Waals surface area contributed by atoms with E-state index in [9.17, 15) is 9.18 Å². The summed E-state index contributed by atoms with van der Waals surface area (Å²) in [6.07, 6.45) is 4.18. The van der Waals surface area contributed by atoms with Crippen LogP contribution < -0.4 is 15.5 Å². The third-order valence-corrected chi connectivity index (χ3v) is 7.50. The molecule has 2 aliphatic heterocycles. The molecule has 0 saturated carbocycles. The van der Waals surface area contributed by atoms with Crippen LogP contribution in [0, 0.1) is 5.82 Å². The predicted octanol–water partition coefficient (Wildman–Crippen LogP) is 6.04. The minimum atomic E-state index is -0.347. The first-order chi connectivity index (χ1) is 17.9. The number of anilines is 1. The highest BCUT2D eigenvalue weighted by Gasteiger charge is 2.27. The van der Waals surface area contributed by atoms with Gasteiger partial charge in [-0.3, -0.25) is 4.79 Å². The molecule has 1 atom stereocenters. The molecular formula is C29H25FN4O2S. The number of thioether (sulfide) groups is 1. The maximum Gasteiger partial charge on any atom is 0.255 e. The zero-order valence-electron chi connectivity index (χ0n) is 20.6. The number of halogens is 1. The van der Waals surface area contributed by atoms with Crippen LogP contribution in [-0.4, -0.2) is 37.4 Å². The van der Waals surface area contributed by atoms with Gasteiger partial charge >= 0.3 is 0 Å². The third kappa shape index (κ3) is 4.03. The molecule has 0 spiro atoms. The Hall–Kier alpha value is -4.17. The molecule has 2 aliphatic rings. The van der Waals surface area contributed by atoms with Crippen molar-refractivity contribution >= 4 is 40.0 Å². The van der Waals surface area contributed by atoms with Crippen LogP contribution in [0.2, 0.25) is 0 Å². The van der Waals surface area contributed by atoms with Crippen molar-refractivity contribution in [3.05, 3.63) is 95.4 Å². The van der Waals surface area contributed by atoms with E-state index >= 15 is 0 Å². The van der Waals surface area contributed by atoms with Gasteiger partial charge in [0.2, 0.25) is 0 Å². The van der Waals surface area contributed by atoms with Crippen molar-refractivity contribution in [3.63, 3.8) is 0 Å². The summed E-state index contributed by atoms with van der Waals surface area (Å²) in [6.45, 7) is 0. The zero-order chi connectivity index (χ0) is 25.7. The number of hydrogen-bond donors (Lipinski definition) is 2. The molecule has 2 N–H and O–H groups in total. The Labute approximate surface area is 218 Å². The number of fused-ring (bicyclic) bond motifs is 2. The molecule has 3 heterocycles. The first kappa shape index (κ1) is 23.2. The fourth-order valence-corrected chi connectivity index (χ4v) is 5.59. The van der Waals surface area contributed by atoms with Crippen molar-refractivity contribution in [1.82, 2.24) is 15.5 Å². The van der Waals surface area contributed by atoms with Gasteiger partial charge in [0.05, 0.1) is 11.3 Å². The number of amides is 1. The Kier molecular flexibility index (Phi) is 5.68. The Balaban J connectivity index is 1.52. The number of hydrogen-bond acceptors (Lipinski definition) is 6. The van der Waals surface area contributed by atoms with Crippen LogP contribution in [-0.2, 0) is 0 Å². The summed E-state index contributed by atoms with van der Waals surface area (Å²) in [7, 11) is 5.56. The number of nitrogens with one attached hydrogen (secondary N) is 2. The lowest BCUT2D eigenvalue weighted by Gasteiger charge is -2.19. The fraction of sp³-hybridized carbons (Fsp3) is 0.138. The van der Waals surface area contributed by atoms with Crippen LogP contribution in [0.1, 0.15) is 15.9 Å². The highest BCUT2D eigenvalue weighted by atomic mass is 32.2. The summed E-state index contributed by atoms with van der Waals surface area (Å²) >= 11 is 1.73. The maximum atomic E-state index is 13.6. The smallest absolute Gasteiger partial charge is 0.255 e. The van der Waals surface area contributed by atoms with E-state index in [1.165, 1.54) is 12.1 Å². The highest BCUT2D eigenvalue weighted by molar-refractivity contribution is 8.02. The quantitative estimate of drug-likeness (QED) is 0.340. The fourth-order valence-electron chi connectivity index (χ4n) is 4.77. The number of nitrogens with zero attached hydrogens (tertiary/aromatic N) is 2. The second kappa shape index (κ2) is 9.05. The van der Waals surface area contributed by atoms with Crippen LogP contribution in [0.5, 0.6) is 0 Å². The molecule has 0 aliphatic carbocycles. The van der Waals surface area contributed by atoms with Gasteiger partial charge < -0.3 is 24.9 Å². The molecule has 1 unspecified atom stereocenters. The summed E-state index contributed by atoms with van der Waals surface area (Å²) in [5.74, 6) is -0.196.